The van der Waals surface area contributed by atoms with Crippen LogP contribution in [-0.4, -0.2) is 4.98 Å². The summed E-state index contributed by atoms with van der Waals surface area (Å²) in [7, 11) is 0. The summed E-state index contributed by atoms with van der Waals surface area (Å²) in [6.07, 6.45) is -1.98. The number of nitrogens with zero attached hydrogens (tertiary/aromatic N) is 1. The Morgan fingerprint density at radius 2 is 2.15 bits per heavy atom. The molecule has 13 heavy (non-hydrogen) atoms. The second kappa shape index (κ2) is 3.83. The van der Waals surface area contributed by atoms with Gasteiger partial charge in [0.1, 0.15) is 5.69 Å². The van der Waals surface area contributed by atoms with Crippen LogP contribution in [0.3, 0.4) is 0 Å². The zero-order valence-corrected chi connectivity index (χ0v) is 7.15. The predicted octanol–water partition coefficient (Wildman–Crippen LogP) is 2.48. The maximum Gasteiger partial charge on any atom is 0.283 e. The van der Waals surface area contributed by atoms with E-state index in [9.17, 15) is 13.2 Å². The van der Waals surface area contributed by atoms with Gasteiger partial charge in [0.05, 0.1) is 17.8 Å². The molecule has 0 amide bonds. The molecule has 0 aromatic carbocycles. The highest BCUT2D eigenvalue weighted by atomic mass is 35.5. The van der Waals surface area contributed by atoms with Crippen molar-refractivity contribution in [2.75, 3.05) is 5.73 Å². The summed E-state index contributed by atoms with van der Waals surface area (Å²) in [6.45, 7) is 0. The molecule has 1 rings (SSSR count). The fraction of sp³-hybridized carbons (Fsp3) is 0.286. The molecule has 0 unspecified atom stereocenters. The van der Waals surface area contributed by atoms with E-state index >= 15 is 0 Å². The zero-order valence-electron chi connectivity index (χ0n) is 6.40. The minimum absolute atomic E-state index is 0.0168. The fourth-order valence-corrected chi connectivity index (χ4v) is 1.11. The summed E-state index contributed by atoms with van der Waals surface area (Å²) in [5, 5.41) is 0. The zero-order chi connectivity index (χ0) is 10.0. The van der Waals surface area contributed by atoms with Crippen LogP contribution in [0.1, 0.15) is 17.7 Å². The van der Waals surface area contributed by atoms with Crippen molar-refractivity contribution in [3.05, 3.63) is 23.3 Å². The van der Waals surface area contributed by atoms with Crippen molar-refractivity contribution in [1.29, 1.82) is 0 Å². The van der Waals surface area contributed by atoms with Crippen LogP contribution in [-0.2, 0) is 5.88 Å². The van der Waals surface area contributed by atoms with Crippen LogP contribution in [0.4, 0.5) is 18.9 Å². The number of aromatic nitrogens is 1. The Kier molecular flexibility index (Phi) is 2.98. The molecule has 2 nitrogen and oxygen atoms in total. The molecule has 0 aliphatic rings. The molecule has 1 heterocycles. The molecular formula is C7H6ClF3N2. The number of hydrogen-bond donors (Lipinski definition) is 1. The molecule has 2 N–H and O–H groups in total. The lowest BCUT2D eigenvalue weighted by Crippen LogP contribution is -2.03. The van der Waals surface area contributed by atoms with Crippen molar-refractivity contribution >= 4 is 17.3 Å². The molecule has 0 aliphatic heterocycles. The summed E-state index contributed by atoms with van der Waals surface area (Å²) in [5.41, 5.74) is 4.21. The molecule has 0 saturated heterocycles. The topological polar surface area (TPSA) is 38.9 Å². The summed E-state index contributed by atoms with van der Waals surface area (Å²) in [4.78, 5) is 3.18. The van der Waals surface area contributed by atoms with Crippen molar-refractivity contribution in [3.8, 4) is 0 Å². The average Bonchev–Trinajstić information content (AvgIpc) is 2.04. The first kappa shape index (κ1) is 10.1. The number of anilines is 1. The van der Waals surface area contributed by atoms with Crippen LogP contribution in [0, 0.1) is 5.82 Å². The van der Waals surface area contributed by atoms with Gasteiger partial charge in [-0.15, -0.1) is 11.6 Å². The maximum absolute atomic E-state index is 13.1. The van der Waals surface area contributed by atoms with Crippen LogP contribution in [0.25, 0.3) is 0 Å². The van der Waals surface area contributed by atoms with Crippen LogP contribution >= 0.6 is 11.6 Å². The first-order valence-corrected chi connectivity index (χ1v) is 3.88. The quantitative estimate of drug-likeness (QED) is 0.762. The van der Waals surface area contributed by atoms with Gasteiger partial charge in [0.2, 0.25) is 0 Å². The van der Waals surface area contributed by atoms with Gasteiger partial charge in [-0.25, -0.2) is 18.2 Å². The number of hydrogen-bond acceptors (Lipinski definition) is 2. The monoisotopic (exact) mass is 210 g/mol. The molecule has 1 aromatic heterocycles. The molecule has 0 spiro atoms. The van der Waals surface area contributed by atoms with E-state index in [4.69, 9.17) is 17.3 Å². The Morgan fingerprint density at radius 1 is 1.54 bits per heavy atom. The van der Waals surface area contributed by atoms with Gasteiger partial charge in [-0.05, 0) is 0 Å². The molecule has 6 heteroatoms. The summed E-state index contributed by atoms with van der Waals surface area (Å²) in [6, 6.07) is 0. The normalized spacial score (nSPS) is 10.8. The van der Waals surface area contributed by atoms with E-state index in [0.29, 0.717) is 0 Å². The third-order valence-electron chi connectivity index (χ3n) is 1.52. The van der Waals surface area contributed by atoms with E-state index in [2.05, 4.69) is 4.98 Å². The van der Waals surface area contributed by atoms with Gasteiger partial charge in [-0.1, -0.05) is 0 Å². The molecule has 0 aliphatic carbocycles. The van der Waals surface area contributed by atoms with Crippen molar-refractivity contribution in [2.24, 2.45) is 0 Å². The molecule has 0 bridgehead atoms. The molecule has 0 fully saturated rings. The molecular weight excluding hydrogens is 205 g/mol. The lowest BCUT2D eigenvalue weighted by atomic mass is 10.2. The Labute approximate surface area is 77.5 Å². The van der Waals surface area contributed by atoms with E-state index in [1.807, 2.05) is 0 Å². The lowest BCUT2D eigenvalue weighted by molar-refractivity contribution is 0.140. The fourth-order valence-electron chi connectivity index (χ4n) is 0.843. The third-order valence-corrected chi connectivity index (χ3v) is 1.79. The summed E-state index contributed by atoms with van der Waals surface area (Å²) in [5.74, 6) is -1.37. The Balaban J connectivity index is 3.27. The summed E-state index contributed by atoms with van der Waals surface area (Å²) >= 11 is 5.32. The van der Waals surface area contributed by atoms with Crippen molar-refractivity contribution in [3.63, 3.8) is 0 Å². The molecule has 72 valence electrons. The number of halogens is 4. The number of pyridine rings is 1. The molecule has 0 atom stereocenters. The van der Waals surface area contributed by atoms with Crippen LogP contribution in [0.5, 0.6) is 0 Å². The van der Waals surface area contributed by atoms with E-state index < -0.39 is 17.9 Å². The molecule has 0 saturated carbocycles. The van der Waals surface area contributed by atoms with Gasteiger partial charge in [0.15, 0.2) is 5.82 Å². The van der Waals surface area contributed by atoms with E-state index in [1.54, 1.807) is 0 Å². The first-order chi connectivity index (χ1) is 6.07. The SMILES string of the molecule is Nc1cnc(C(F)F)c(F)c1CCl. The minimum atomic E-state index is -2.96. The second-order valence-electron chi connectivity index (χ2n) is 2.33. The standard InChI is InChI=1S/C7H6ClF3N2/c8-1-3-4(12)2-13-6(5(3)9)7(10)11/h2,7H,1,12H2. The van der Waals surface area contributed by atoms with Crippen molar-refractivity contribution < 1.29 is 13.2 Å². The Bertz CT molecular complexity index is 317. The van der Waals surface area contributed by atoms with Gasteiger partial charge in [0, 0.05) is 5.56 Å². The third kappa shape index (κ3) is 1.85. The smallest absolute Gasteiger partial charge is 0.283 e. The molecule has 1 aromatic rings. The van der Waals surface area contributed by atoms with Crippen molar-refractivity contribution in [2.45, 2.75) is 12.3 Å². The Morgan fingerprint density at radius 3 is 2.62 bits per heavy atom. The van der Waals surface area contributed by atoms with Crippen LogP contribution in [0.2, 0.25) is 0 Å². The van der Waals surface area contributed by atoms with Crippen molar-refractivity contribution in [1.82, 2.24) is 4.98 Å². The molecule has 0 radical (unpaired) electrons. The summed E-state index contributed by atoms with van der Waals surface area (Å²) < 4.78 is 37.3. The highest BCUT2D eigenvalue weighted by molar-refractivity contribution is 6.17. The minimum Gasteiger partial charge on any atom is -0.397 e. The predicted molar refractivity (Wildman–Crippen MR) is 43.1 cm³/mol. The number of rotatable bonds is 2. The van der Waals surface area contributed by atoms with E-state index in [1.165, 1.54) is 0 Å². The lowest BCUT2D eigenvalue weighted by Gasteiger charge is -2.06. The van der Waals surface area contributed by atoms with Gasteiger partial charge < -0.3 is 5.73 Å². The maximum atomic E-state index is 13.1. The van der Waals surface area contributed by atoms with Gasteiger partial charge in [0.25, 0.3) is 6.43 Å². The van der Waals surface area contributed by atoms with Gasteiger partial charge in [-0.3, -0.25) is 0 Å². The number of alkyl halides is 3. The second-order valence-corrected chi connectivity index (χ2v) is 2.59. The highest BCUT2D eigenvalue weighted by Crippen LogP contribution is 2.25. The number of nitrogen functional groups attached to an aromatic ring is 1. The van der Waals surface area contributed by atoms with Crippen LogP contribution in [0.15, 0.2) is 6.20 Å². The largest absolute Gasteiger partial charge is 0.397 e. The first-order valence-electron chi connectivity index (χ1n) is 3.34. The van der Waals surface area contributed by atoms with E-state index in [-0.39, 0.29) is 17.1 Å². The van der Waals surface area contributed by atoms with Gasteiger partial charge in [-0.2, -0.15) is 0 Å². The van der Waals surface area contributed by atoms with Gasteiger partial charge >= 0.3 is 0 Å². The number of nitrogens with two attached hydrogens (primary N) is 1. The Hall–Kier alpha value is -0.970. The van der Waals surface area contributed by atoms with E-state index in [0.717, 1.165) is 6.20 Å². The average molecular weight is 211 g/mol. The van der Waals surface area contributed by atoms with Crippen LogP contribution < -0.4 is 5.73 Å². The highest BCUT2D eigenvalue weighted by Gasteiger charge is 2.19.